The van der Waals surface area contributed by atoms with E-state index in [4.69, 9.17) is 16.3 Å². The van der Waals surface area contributed by atoms with Crippen LogP contribution in [0.1, 0.15) is 18.5 Å². The number of nitrogens with zero attached hydrogens (tertiary/aromatic N) is 4. The highest BCUT2D eigenvalue weighted by atomic mass is 35.5. The second kappa shape index (κ2) is 9.12. The third kappa shape index (κ3) is 4.66. The van der Waals surface area contributed by atoms with Crippen molar-refractivity contribution in [2.75, 3.05) is 19.9 Å². The van der Waals surface area contributed by atoms with Crippen LogP contribution in [0.15, 0.2) is 60.0 Å². The van der Waals surface area contributed by atoms with E-state index < -0.39 is 0 Å². The number of amides is 1. The van der Waals surface area contributed by atoms with E-state index in [2.05, 4.69) is 10.2 Å². The van der Waals surface area contributed by atoms with E-state index in [0.29, 0.717) is 10.2 Å². The van der Waals surface area contributed by atoms with Crippen LogP contribution in [0.3, 0.4) is 0 Å². The maximum Gasteiger partial charge on any atom is 0.233 e. The van der Waals surface area contributed by atoms with E-state index in [-0.39, 0.29) is 17.7 Å². The van der Waals surface area contributed by atoms with Gasteiger partial charge in [0.15, 0.2) is 5.16 Å². The lowest BCUT2D eigenvalue weighted by atomic mass is 10.1. The zero-order valence-electron chi connectivity index (χ0n) is 15.9. The van der Waals surface area contributed by atoms with Gasteiger partial charge in [-0.2, -0.15) is 0 Å². The highest BCUT2D eigenvalue weighted by Gasteiger charge is 2.19. The maximum atomic E-state index is 12.7. The molecule has 3 aromatic rings. The van der Waals surface area contributed by atoms with Crippen molar-refractivity contribution < 1.29 is 9.53 Å². The fourth-order valence-corrected chi connectivity index (χ4v) is 3.73. The molecular weight excluding hydrogens is 396 g/mol. The van der Waals surface area contributed by atoms with Crippen molar-refractivity contribution in [3.05, 3.63) is 65.4 Å². The van der Waals surface area contributed by atoms with Gasteiger partial charge in [0.25, 0.3) is 0 Å². The van der Waals surface area contributed by atoms with Crippen molar-refractivity contribution in [1.82, 2.24) is 19.7 Å². The van der Waals surface area contributed by atoms with E-state index in [0.717, 1.165) is 17.0 Å². The molecule has 0 saturated heterocycles. The van der Waals surface area contributed by atoms with E-state index in [1.54, 1.807) is 25.4 Å². The molecule has 8 heteroatoms. The van der Waals surface area contributed by atoms with Crippen LogP contribution in [0, 0.1) is 0 Å². The number of halogens is 1. The summed E-state index contributed by atoms with van der Waals surface area (Å²) in [5.74, 6) is 1.04. The summed E-state index contributed by atoms with van der Waals surface area (Å²) in [5.41, 5.74) is 1.90. The van der Waals surface area contributed by atoms with E-state index >= 15 is 0 Å². The molecule has 0 aliphatic heterocycles. The molecule has 6 nitrogen and oxygen atoms in total. The molecule has 0 N–H and O–H groups in total. The monoisotopic (exact) mass is 416 g/mol. The Morgan fingerprint density at radius 1 is 1.29 bits per heavy atom. The fraction of sp³-hybridized carbons (Fsp3) is 0.250. The first kappa shape index (κ1) is 20.2. The summed E-state index contributed by atoms with van der Waals surface area (Å²) in [5, 5.41) is 9.43. The van der Waals surface area contributed by atoms with Crippen LogP contribution in [0.25, 0.3) is 5.69 Å². The van der Waals surface area contributed by atoms with E-state index in [1.807, 2.05) is 60.0 Å². The molecular formula is C20H21ClN4O2S. The number of methoxy groups -OCH3 is 1. The Morgan fingerprint density at radius 2 is 2.04 bits per heavy atom. The zero-order chi connectivity index (χ0) is 20.1. The summed E-state index contributed by atoms with van der Waals surface area (Å²) in [4.78, 5) is 14.4. The van der Waals surface area contributed by atoms with Crippen LogP contribution in [-0.2, 0) is 4.79 Å². The zero-order valence-corrected chi connectivity index (χ0v) is 17.4. The third-order valence-corrected chi connectivity index (χ3v) is 5.66. The summed E-state index contributed by atoms with van der Waals surface area (Å²) in [7, 11) is 3.42. The number of ether oxygens (including phenoxy) is 1. The van der Waals surface area contributed by atoms with Gasteiger partial charge >= 0.3 is 0 Å². The van der Waals surface area contributed by atoms with Crippen molar-refractivity contribution in [2.45, 2.75) is 18.1 Å². The van der Waals surface area contributed by atoms with Crippen LogP contribution in [-0.4, -0.2) is 45.5 Å². The predicted octanol–water partition coefficient (Wildman–Crippen LogP) is 4.24. The minimum atomic E-state index is -0.0775. The number of carbonyl (C=O) groups excluding carboxylic acids is 1. The van der Waals surface area contributed by atoms with Crippen molar-refractivity contribution in [3.63, 3.8) is 0 Å². The van der Waals surface area contributed by atoms with Crippen LogP contribution in [0.5, 0.6) is 5.75 Å². The molecule has 0 fully saturated rings. The van der Waals surface area contributed by atoms with Gasteiger partial charge in [-0.25, -0.2) is 0 Å². The minimum Gasteiger partial charge on any atom is -0.497 e. The van der Waals surface area contributed by atoms with Gasteiger partial charge in [-0.15, -0.1) is 10.2 Å². The third-order valence-electron chi connectivity index (χ3n) is 4.50. The normalized spacial score (nSPS) is 11.9. The van der Waals surface area contributed by atoms with Gasteiger partial charge < -0.3 is 9.64 Å². The van der Waals surface area contributed by atoms with Gasteiger partial charge in [-0.3, -0.25) is 9.36 Å². The van der Waals surface area contributed by atoms with E-state index in [1.165, 1.54) is 11.8 Å². The molecule has 1 heterocycles. The van der Waals surface area contributed by atoms with Gasteiger partial charge in [0.2, 0.25) is 5.91 Å². The smallest absolute Gasteiger partial charge is 0.233 e. The van der Waals surface area contributed by atoms with Gasteiger partial charge in [0, 0.05) is 17.8 Å². The second-order valence-corrected chi connectivity index (χ2v) is 7.58. The maximum absolute atomic E-state index is 12.7. The first-order valence-corrected chi connectivity index (χ1v) is 10.0. The second-order valence-electron chi connectivity index (χ2n) is 6.21. The molecule has 0 aliphatic rings. The number of benzene rings is 2. The summed E-state index contributed by atoms with van der Waals surface area (Å²) >= 11 is 7.41. The molecule has 2 aromatic carbocycles. The van der Waals surface area contributed by atoms with Crippen molar-refractivity contribution in [2.24, 2.45) is 0 Å². The lowest BCUT2D eigenvalue weighted by Gasteiger charge is -2.25. The Morgan fingerprint density at radius 3 is 2.71 bits per heavy atom. The molecule has 0 radical (unpaired) electrons. The summed E-state index contributed by atoms with van der Waals surface area (Å²) in [6, 6.07) is 15.1. The average molecular weight is 417 g/mol. The highest BCUT2D eigenvalue weighted by Crippen LogP contribution is 2.25. The Bertz CT molecular complexity index is 945. The first-order valence-electron chi connectivity index (χ1n) is 8.68. The van der Waals surface area contributed by atoms with Gasteiger partial charge in [0.05, 0.1) is 18.9 Å². The van der Waals surface area contributed by atoms with Gasteiger partial charge in [-0.05, 0) is 48.9 Å². The lowest BCUT2D eigenvalue weighted by Crippen LogP contribution is -2.31. The molecule has 0 saturated carbocycles. The standard InChI is InChI=1S/C20H21ClN4O2S/c1-14(15-5-4-6-16(21)11-15)24(2)19(26)12-28-20-23-22-13-25(20)17-7-9-18(27-3)10-8-17/h4-11,13-14H,12H2,1-3H3. The molecule has 1 aromatic heterocycles. The number of carbonyl (C=O) groups is 1. The van der Waals surface area contributed by atoms with Crippen molar-refractivity contribution in [1.29, 1.82) is 0 Å². The van der Waals surface area contributed by atoms with Gasteiger partial charge in [0.1, 0.15) is 12.1 Å². The van der Waals surface area contributed by atoms with Crippen LogP contribution >= 0.6 is 23.4 Å². The Kier molecular flexibility index (Phi) is 6.59. The summed E-state index contributed by atoms with van der Waals surface area (Å²) < 4.78 is 7.03. The Hall–Kier alpha value is -2.51. The fourth-order valence-electron chi connectivity index (χ4n) is 2.68. The molecule has 0 aliphatic carbocycles. The molecule has 146 valence electrons. The average Bonchev–Trinajstić information content (AvgIpc) is 3.19. The minimum absolute atomic E-state index is 0.00163. The Balaban J connectivity index is 1.65. The molecule has 1 atom stereocenters. The van der Waals surface area contributed by atoms with E-state index in [9.17, 15) is 4.79 Å². The lowest BCUT2D eigenvalue weighted by molar-refractivity contribution is -0.128. The number of aromatic nitrogens is 3. The molecule has 28 heavy (non-hydrogen) atoms. The number of hydrogen-bond acceptors (Lipinski definition) is 5. The summed E-state index contributed by atoms with van der Waals surface area (Å²) in [6.07, 6.45) is 1.63. The number of thioether (sulfide) groups is 1. The molecule has 1 amide bonds. The SMILES string of the molecule is COc1ccc(-n2cnnc2SCC(=O)N(C)C(C)c2cccc(Cl)c2)cc1. The Labute approximate surface area is 173 Å². The first-order chi connectivity index (χ1) is 13.5. The molecule has 1 unspecified atom stereocenters. The highest BCUT2D eigenvalue weighted by molar-refractivity contribution is 7.99. The molecule has 0 spiro atoms. The van der Waals surface area contributed by atoms with Gasteiger partial charge in [-0.1, -0.05) is 35.5 Å². The topological polar surface area (TPSA) is 60.2 Å². The van der Waals surface area contributed by atoms with Crippen molar-refractivity contribution in [3.8, 4) is 11.4 Å². The predicted molar refractivity (Wildman–Crippen MR) is 111 cm³/mol. The largest absolute Gasteiger partial charge is 0.497 e. The summed E-state index contributed by atoms with van der Waals surface area (Å²) in [6.45, 7) is 1.98. The molecule has 0 bridgehead atoms. The number of hydrogen-bond donors (Lipinski definition) is 0. The van der Waals surface area contributed by atoms with Crippen LogP contribution in [0.4, 0.5) is 0 Å². The van der Waals surface area contributed by atoms with Crippen LogP contribution in [0.2, 0.25) is 5.02 Å². The molecule has 3 rings (SSSR count). The van der Waals surface area contributed by atoms with Crippen LogP contribution < -0.4 is 4.74 Å². The van der Waals surface area contributed by atoms with Crippen molar-refractivity contribution >= 4 is 29.3 Å². The quantitative estimate of drug-likeness (QED) is 0.539. The number of rotatable bonds is 7.